The Kier molecular flexibility index (Phi) is 5.54. The molecule has 4 atom stereocenters. The number of ether oxygens (including phenoxy) is 1. The molecule has 3 aliphatic rings. The number of nitrogens with zero attached hydrogens (tertiary/aromatic N) is 1. The maximum Gasteiger partial charge on any atom is 0.401 e. The summed E-state index contributed by atoms with van der Waals surface area (Å²) < 4.78 is 70.0. The summed E-state index contributed by atoms with van der Waals surface area (Å²) in [5.74, 6) is -3.15. The van der Waals surface area contributed by atoms with Crippen LogP contribution in [0.2, 0.25) is 0 Å². The molecule has 5 rings (SSSR count). The lowest BCUT2D eigenvalue weighted by molar-refractivity contribution is -0.144. The van der Waals surface area contributed by atoms with E-state index in [0.717, 1.165) is 24.8 Å². The summed E-state index contributed by atoms with van der Waals surface area (Å²) in [6, 6.07) is 5.38. The standard InChI is InChI=1S/C23H26F5N3O2/c24-22(25)8-18(22)21(32)30-20-9-29-19-2-1-16(7-17(19)20)33-4-3-13-5-14-10-31(11-15(14)6-13)12-23(26,27)28/h1-2,7,9,13-15,18,29H,3-6,8,10-12H2,(H,30,32)/t13-,14-,15+,18?. The van der Waals surface area contributed by atoms with Crippen LogP contribution in [-0.4, -0.2) is 54.1 Å². The fraction of sp³-hybridized carbons (Fsp3) is 0.609. The largest absolute Gasteiger partial charge is 0.494 e. The fourth-order valence-electron chi connectivity index (χ4n) is 5.49. The predicted molar refractivity (Wildman–Crippen MR) is 112 cm³/mol. The van der Waals surface area contributed by atoms with Crippen LogP contribution in [0.15, 0.2) is 24.4 Å². The smallest absolute Gasteiger partial charge is 0.401 e. The molecule has 180 valence electrons. The lowest BCUT2D eigenvalue weighted by Crippen LogP contribution is -2.33. The monoisotopic (exact) mass is 471 g/mol. The number of carbonyl (C=O) groups is 1. The van der Waals surface area contributed by atoms with Crippen LogP contribution in [0.5, 0.6) is 5.75 Å². The second-order valence-electron chi connectivity index (χ2n) is 9.72. The molecule has 2 N–H and O–H groups in total. The van der Waals surface area contributed by atoms with Crippen LogP contribution in [0, 0.1) is 23.7 Å². The van der Waals surface area contributed by atoms with Crippen LogP contribution in [-0.2, 0) is 4.79 Å². The van der Waals surface area contributed by atoms with E-state index in [1.807, 2.05) is 0 Å². The minimum Gasteiger partial charge on any atom is -0.494 e. The summed E-state index contributed by atoms with van der Waals surface area (Å²) in [6.45, 7) is 0.711. The van der Waals surface area contributed by atoms with Crippen molar-refractivity contribution < 1.29 is 31.5 Å². The van der Waals surface area contributed by atoms with Crippen LogP contribution in [0.3, 0.4) is 0 Å². The van der Waals surface area contributed by atoms with Crippen molar-refractivity contribution in [2.75, 3.05) is 31.6 Å². The zero-order valence-electron chi connectivity index (χ0n) is 17.9. The van der Waals surface area contributed by atoms with E-state index in [2.05, 4.69) is 10.3 Å². The summed E-state index contributed by atoms with van der Waals surface area (Å²) >= 11 is 0. The molecule has 2 aliphatic carbocycles. The van der Waals surface area contributed by atoms with Crippen molar-refractivity contribution >= 4 is 22.5 Å². The molecule has 1 aromatic heterocycles. The highest BCUT2D eigenvalue weighted by Crippen LogP contribution is 2.49. The van der Waals surface area contributed by atoms with Gasteiger partial charge in [-0.05, 0) is 55.2 Å². The third-order valence-electron chi connectivity index (χ3n) is 7.18. The van der Waals surface area contributed by atoms with Gasteiger partial charge in [-0.1, -0.05) is 0 Å². The van der Waals surface area contributed by atoms with Crippen molar-refractivity contribution in [3.05, 3.63) is 24.4 Å². The summed E-state index contributed by atoms with van der Waals surface area (Å²) in [4.78, 5) is 16.5. The minimum absolute atomic E-state index is 0.332. The van der Waals surface area contributed by atoms with Crippen molar-refractivity contribution in [2.24, 2.45) is 23.7 Å². The van der Waals surface area contributed by atoms with Gasteiger partial charge in [-0.25, -0.2) is 8.78 Å². The molecule has 5 nitrogen and oxygen atoms in total. The van der Waals surface area contributed by atoms with Gasteiger partial charge in [0.15, 0.2) is 0 Å². The van der Waals surface area contributed by atoms with Gasteiger partial charge in [0.25, 0.3) is 5.92 Å². The van der Waals surface area contributed by atoms with Crippen LogP contribution < -0.4 is 10.1 Å². The number of hydrogen-bond acceptors (Lipinski definition) is 3. The summed E-state index contributed by atoms with van der Waals surface area (Å²) in [6.07, 6.45) is -0.288. The number of aromatic amines is 1. The number of H-pyrrole nitrogens is 1. The third kappa shape index (κ3) is 4.95. The fourth-order valence-corrected chi connectivity index (χ4v) is 5.49. The van der Waals surface area contributed by atoms with Gasteiger partial charge in [-0.3, -0.25) is 9.69 Å². The second kappa shape index (κ2) is 8.14. The molecular formula is C23H26F5N3O2. The molecule has 1 unspecified atom stereocenters. The second-order valence-corrected chi connectivity index (χ2v) is 9.72. The van der Waals surface area contributed by atoms with E-state index < -0.39 is 36.9 Å². The first-order chi connectivity index (χ1) is 15.6. The molecule has 1 aromatic carbocycles. The number of halogens is 5. The van der Waals surface area contributed by atoms with Crippen molar-refractivity contribution in [3.63, 3.8) is 0 Å². The minimum atomic E-state index is -4.14. The zero-order chi connectivity index (χ0) is 23.4. The molecule has 1 aliphatic heterocycles. The average molecular weight is 471 g/mol. The van der Waals surface area contributed by atoms with Gasteiger partial charge >= 0.3 is 6.18 Å². The molecule has 2 aromatic rings. The van der Waals surface area contributed by atoms with Crippen LogP contribution in [0.1, 0.15) is 25.7 Å². The number of hydrogen-bond donors (Lipinski definition) is 2. The Hall–Kier alpha value is -2.36. The SMILES string of the molecule is O=C(Nc1c[nH]c2ccc(OCC[C@@H]3C[C@@H]4CN(CC(F)(F)F)C[C@@H]4C3)cc12)C1CC1(F)F. The van der Waals surface area contributed by atoms with Gasteiger partial charge in [0.2, 0.25) is 5.91 Å². The van der Waals surface area contributed by atoms with Gasteiger partial charge in [0, 0.05) is 36.6 Å². The Bertz CT molecular complexity index is 1020. The molecule has 0 radical (unpaired) electrons. The Labute approximate surface area is 187 Å². The first-order valence-corrected chi connectivity index (χ1v) is 11.3. The number of carbonyl (C=O) groups excluding carboxylic acids is 1. The Morgan fingerprint density at radius 1 is 1.21 bits per heavy atom. The number of nitrogens with one attached hydrogen (secondary N) is 2. The lowest BCUT2D eigenvalue weighted by atomic mass is 10.0. The van der Waals surface area contributed by atoms with Crippen molar-refractivity contribution in [1.29, 1.82) is 0 Å². The molecule has 1 amide bonds. The van der Waals surface area contributed by atoms with E-state index in [-0.39, 0.29) is 0 Å². The maximum atomic E-state index is 13.1. The molecular weight excluding hydrogens is 445 g/mol. The van der Waals surface area contributed by atoms with E-state index in [1.54, 1.807) is 24.4 Å². The summed E-state index contributed by atoms with van der Waals surface area (Å²) in [5, 5.41) is 3.26. The van der Waals surface area contributed by atoms with Crippen LogP contribution >= 0.6 is 0 Å². The number of rotatable bonds is 7. The number of fused-ring (bicyclic) bond motifs is 2. The van der Waals surface area contributed by atoms with Gasteiger partial charge in [0.05, 0.1) is 18.8 Å². The molecule has 2 heterocycles. The predicted octanol–water partition coefficient (Wildman–Crippen LogP) is 5.05. The molecule has 2 saturated carbocycles. The first kappa shape index (κ1) is 22.4. The van der Waals surface area contributed by atoms with Crippen molar-refractivity contribution in [2.45, 2.75) is 37.8 Å². The number of benzene rings is 1. The molecule has 0 spiro atoms. The number of aromatic nitrogens is 1. The van der Waals surface area contributed by atoms with Gasteiger partial charge in [-0.15, -0.1) is 0 Å². The Balaban J connectivity index is 1.11. The van der Waals surface area contributed by atoms with E-state index >= 15 is 0 Å². The van der Waals surface area contributed by atoms with Crippen molar-refractivity contribution in [1.82, 2.24) is 9.88 Å². The normalized spacial score (nSPS) is 28.8. The quantitative estimate of drug-likeness (QED) is 0.556. The van der Waals surface area contributed by atoms with Gasteiger partial charge < -0.3 is 15.0 Å². The zero-order valence-corrected chi connectivity index (χ0v) is 17.9. The summed E-state index contributed by atoms with van der Waals surface area (Å²) in [7, 11) is 0. The van der Waals surface area contributed by atoms with E-state index in [4.69, 9.17) is 4.74 Å². The topological polar surface area (TPSA) is 57.4 Å². The summed E-state index contributed by atoms with van der Waals surface area (Å²) in [5.41, 5.74) is 1.20. The lowest BCUT2D eigenvalue weighted by Gasteiger charge is -2.20. The highest BCUT2D eigenvalue weighted by Gasteiger charge is 2.61. The van der Waals surface area contributed by atoms with E-state index in [1.165, 1.54) is 4.90 Å². The molecule has 1 saturated heterocycles. The first-order valence-electron chi connectivity index (χ1n) is 11.3. The Morgan fingerprint density at radius 3 is 2.55 bits per heavy atom. The molecule has 3 fully saturated rings. The van der Waals surface area contributed by atoms with Gasteiger partial charge in [0.1, 0.15) is 11.7 Å². The number of likely N-dealkylation sites (tertiary alicyclic amines) is 1. The maximum absolute atomic E-state index is 13.1. The number of anilines is 1. The highest BCUT2D eigenvalue weighted by atomic mass is 19.4. The Morgan fingerprint density at radius 2 is 1.91 bits per heavy atom. The van der Waals surface area contributed by atoms with Crippen molar-refractivity contribution in [3.8, 4) is 5.75 Å². The number of alkyl halides is 5. The molecule has 33 heavy (non-hydrogen) atoms. The highest BCUT2D eigenvalue weighted by molar-refractivity contribution is 6.03. The molecule has 0 bridgehead atoms. The van der Waals surface area contributed by atoms with E-state index in [9.17, 15) is 26.7 Å². The average Bonchev–Trinajstić information content (AvgIpc) is 3.03. The van der Waals surface area contributed by atoms with Crippen LogP contribution in [0.25, 0.3) is 10.9 Å². The van der Waals surface area contributed by atoms with Gasteiger partial charge in [-0.2, -0.15) is 13.2 Å². The third-order valence-corrected chi connectivity index (χ3v) is 7.18. The molecule has 10 heteroatoms. The number of amides is 1. The van der Waals surface area contributed by atoms with E-state index in [0.29, 0.717) is 54.3 Å². The van der Waals surface area contributed by atoms with Crippen LogP contribution in [0.4, 0.5) is 27.6 Å².